The Labute approximate surface area is 114 Å². The highest BCUT2D eigenvalue weighted by molar-refractivity contribution is 5.84. The maximum atomic E-state index is 11.8. The molecular weight excluding hydrogens is 242 g/mol. The lowest BCUT2D eigenvalue weighted by Crippen LogP contribution is -2.45. The van der Waals surface area contributed by atoms with Gasteiger partial charge in [0.1, 0.15) is 11.8 Å². The summed E-state index contributed by atoms with van der Waals surface area (Å²) in [5.74, 6) is 0.794. The lowest BCUT2D eigenvalue weighted by molar-refractivity contribution is -0.121. The fourth-order valence-corrected chi connectivity index (χ4v) is 1.93. The molecule has 106 valence electrons. The number of nitrogens with zero attached hydrogens (tertiary/aromatic N) is 1. The number of anilines is 1. The van der Waals surface area contributed by atoms with Gasteiger partial charge in [0.05, 0.1) is 7.11 Å². The molecule has 0 radical (unpaired) electrons. The molecule has 0 aliphatic rings. The molecule has 1 atom stereocenters. The Bertz CT molecular complexity index is 392. The van der Waals surface area contributed by atoms with Crippen LogP contribution in [0.4, 0.5) is 5.69 Å². The molecule has 0 bridgehead atoms. The second kappa shape index (κ2) is 7.63. The maximum Gasteiger partial charge on any atom is 0.242 e. The summed E-state index contributed by atoms with van der Waals surface area (Å²) < 4.78 is 5.14. The van der Waals surface area contributed by atoms with Crippen molar-refractivity contribution in [3.8, 4) is 5.75 Å². The van der Waals surface area contributed by atoms with Crippen molar-refractivity contribution in [2.75, 3.05) is 32.1 Å². The van der Waals surface area contributed by atoms with Gasteiger partial charge < -0.3 is 20.7 Å². The summed E-state index contributed by atoms with van der Waals surface area (Å²) in [5, 5.41) is 2.68. The van der Waals surface area contributed by atoms with Gasteiger partial charge in [0.2, 0.25) is 5.91 Å². The molecule has 0 aliphatic heterocycles. The van der Waals surface area contributed by atoms with Gasteiger partial charge in [0, 0.05) is 19.3 Å². The van der Waals surface area contributed by atoms with Crippen LogP contribution < -0.4 is 20.7 Å². The van der Waals surface area contributed by atoms with Crippen molar-refractivity contribution in [1.29, 1.82) is 0 Å². The molecule has 0 spiro atoms. The summed E-state index contributed by atoms with van der Waals surface area (Å²) in [6, 6.07) is 7.46. The first-order valence-corrected chi connectivity index (χ1v) is 6.46. The number of benzene rings is 1. The summed E-state index contributed by atoms with van der Waals surface area (Å²) >= 11 is 0. The maximum absolute atomic E-state index is 11.8. The largest absolute Gasteiger partial charge is 0.497 e. The van der Waals surface area contributed by atoms with E-state index in [1.807, 2.05) is 36.1 Å². The number of hydrogen-bond donors (Lipinski definition) is 2. The molecule has 0 aromatic heterocycles. The first kappa shape index (κ1) is 15.3. The molecule has 0 saturated heterocycles. The molecule has 3 N–H and O–H groups in total. The third kappa shape index (κ3) is 4.13. The fourth-order valence-electron chi connectivity index (χ4n) is 1.93. The predicted molar refractivity (Wildman–Crippen MR) is 77.5 cm³/mol. The van der Waals surface area contributed by atoms with Crippen LogP contribution in [0.15, 0.2) is 24.3 Å². The molecule has 0 heterocycles. The van der Waals surface area contributed by atoms with Gasteiger partial charge in [-0.05, 0) is 44.2 Å². The molecular formula is C14H23N3O2. The number of carbonyl (C=O) groups excluding carboxylic acids is 1. The number of methoxy groups -OCH3 is 1. The Morgan fingerprint density at radius 2 is 2.05 bits per heavy atom. The van der Waals surface area contributed by atoms with Crippen LogP contribution in [0.3, 0.4) is 0 Å². The van der Waals surface area contributed by atoms with Gasteiger partial charge in [-0.3, -0.25) is 4.79 Å². The van der Waals surface area contributed by atoms with Crippen LogP contribution in [-0.4, -0.2) is 39.2 Å². The van der Waals surface area contributed by atoms with Gasteiger partial charge in [-0.25, -0.2) is 0 Å². The minimum Gasteiger partial charge on any atom is -0.497 e. The number of carbonyl (C=O) groups is 1. The summed E-state index contributed by atoms with van der Waals surface area (Å²) in [4.78, 5) is 13.9. The Hall–Kier alpha value is -1.75. The van der Waals surface area contributed by atoms with Crippen LogP contribution >= 0.6 is 0 Å². The number of amides is 1. The van der Waals surface area contributed by atoms with Gasteiger partial charge in [0.15, 0.2) is 0 Å². The summed E-state index contributed by atoms with van der Waals surface area (Å²) in [7, 11) is 3.28. The first-order chi connectivity index (χ1) is 9.13. The molecule has 1 amide bonds. The minimum atomic E-state index is -0.232. The van der Waals surface area contributed by atoms with Crippen molar-refractivity contribution in [3.05, 3.63) is 24.3 Å². The number of rotatable bonds is 7. The van der Waals surface area contributed by atoms with E-state index in [1.165, 1.54) is 0 Å². The summed E-state index contributed by atoms with van der Waals surface area (Å²) in [5.41, 5.74) is 6.55. The Morgan fingerprint density at radius 1 is 1.42 bits per heavy atom. The van der Waals surface area contributed by atoms with E-state index in [-0.39, 0.29) is 11.9 Å². The minimum absolute atomic E-state index is 0.00663. The molecule has 1 rings (SSSR count). The first-order valence-electron chi connectivity index (χ1n) is 6.46. The molecule has 5 heteroatoms. The molecule has 19 heavy (non-hydrogen) atoms. The lowest BCUT2D eigenvalue weighted by atomic mass is 10.2. The van der Waals surface area contributed by atoms with Crippen LogP contribution in [-0.2, 0) is 4.79 Å². The lowest BCUT2D eigenvalue weighted by Gasteiger charge is -2.30. The Kier molecular flexibility index (Phi) is 6.15. The van der Waals surface area contributed by atoms with E-state index in [0.717, 1.165) is 24.4 Å². The monoisotopic (exact) mass is 265 g/mol. The van der Waals surface area contributed by atoms with Crippen LogP contribution in [0.25, 0.3) is 0 Å². The molecule has 1 unspecified atom stereocenters. The normalized spacial score (nSPS) is 11.8. The second-order valence-corrected chi connectivity index (χ2v) is 4.32. The van der Waals surface area contributed by atoms with Crippen molar-refractivity contribution in [3.63, 3.8) is 0 Å². The topological polar surface area (TPSA) is 67.6 Å². The third-order valence-corrected chi connectivity index (χ3v) is 3.10. The number of ether oxygens (including phenoxy) is 1. The van der Waals surface area contributed by atoms with Gasteiger partial charge in [-0.15, -0.1) is 0 Å². The smallest absolute Gasteiger partial charge is 0.242 e. The van der Waals surface area contributed by atoms with Crippen LogP contribution in [0.1, 0.15) is 13.3 Å². The molecule has 5 nitrogen and oxygen atoms in total. The van der Waals surface area contributed by atoms with E-state index >= 15 is 0 Å². The molecule has 0 aliphatic carbocycles. The van der Waals surface area contributed by atoms with Gasteiger partial charge in [-0.2, -0.15) is 0 Å². The average Bonchev–Trinajstić information content (AvgIpc) is 2.47. The summed E-state index contributed by atoms with van der Waals surface area (Å²) in [6.07, 6.45) is 0.841. The van der Waals surface area contributed by atoms with E-state index < -0.39 is 0 Å². The van der Waals surface area contributed by atoms with Crippen molar-refractivity contribution in [1.82, 2.24) is 5.32 Å². The third-order valence-electron chi connectivity index (χ3n) is 3.10. The van der Waals surface area contributed by atoms with E-state index in [1.54, 1.807) is 14.2 Å². The molecule has 1 aromatic rings. The predicted octanol–water partition coefficient (Wildman–Crippen LogP) is 0.985. The number of hydrogen-bond acceptors (Lipinski definition) is 4. The zero-order chi connectivity index (χ0) is 14.3. The second-order valence-electron chi connectivity index (χ2n) is 4.32. The van der Waals surface area contributed by atoms with Crippen LogP contribution in [0.2, 0.25) is 0 Å². The summed E-state index contributed by atoms with van der Waals surface area (Å²) in [6.45, 7) is 3.24. The van der Waals surface area contributed by atoms with E-state index in [0.29, 0.717) is 6.54 Å². The van der Waals surface area contributed by atoms with E-state index in [4.69, 9.17) is 10.5 Å². The van der Waals surface area contributed by atoms with Crippen molar-refractivity contribution < 1.29 is 9.53 Å². The molecule has 1 aromatic carbocycles. The van der Waals surface area contributed by atoms with Crippen LogP contribution in [0, 0.1) is 0 Å². The quantitative estimate of drug-likeness (QED) is 0.771. The van der Waals surface area contributed by atoms with E-state index in [9.17, 15) is 4.79 Å². The number of nitrogens with two attached hydrogens (primary N) is 1. The SMILES string of the molecule is CNC(=O)C(C)N(CCCN)c1ccc(OC)cc1. The van der Waals surface area contributed by atoms with E-state index in [2.05, 4.69) is 5.32 Å². The fraction of sp³-hybridized carbons (Fsp3) is 0.500. The highest BCUT2D eigenvalue weighted by Crippen LogP contribution is 2.21. The standard InChI is InChI=1S/C14H23N3O2/c1-11(14(18)16-2)17(10-4-9-15)12-5-7-13(19-3)8-6-12/h5-8,11H,4,9-10,15H2,1-3H3,(H,16,18). The Balaban J connectivity index is 2.90. The highest BCUT2D eigenvalue weighted by Gasteiger charge is 2.20. The Morgan fingerprint density at radius 3 is 2.53 bits per heavy atom. The zero-order valence-electron chi connectivity index (χ0n) is 11.8. The van der Waals surface area contributed by atoms with Crippen molar-refractivity contribution in [2.24, 2.45) is 5.73 Å². The zero-order valence-corrected chi connectivity index (χ0v) is 11.8. The van der Waals surface area contributed by atoms with Crippen LogP contribution in [0.5, 0.6) is 5.75 Å². The van der Waals surface area contributed by atoms with Gasteiger partial charge in [0.25, 0.3) is 0 Å². The van der Waals surface area contributed by atoms with Crippen molar-refractivity contribution >= 4 is 11.6 Å². The highest BCUT2D eigenvalue weighted by atomic mass is 16.5. The average molecular weight is 265 g/mol. The van der Waals surface area contributed by atoms with Gasteiger partial charge in [-0.1, -0.05) is 0 Å². The number of nitrogens with one attached hydrogen (secondary N) is 1. The number of likely N-dealkylation sites (N-methyl/N-ethyl adjacent to an activating group) is 1. The van der Waals surface area contributed by atoms with Crippen molar-refractivity contribution in [2.45, 2.75) is 19.4 Å². The molecule has 0 saturated carbocycles. The molecule has 0 fully saturated rings. The van der Waals surface area contributed by atoms with Gasteiger partial charge >= 0.3 is 0 Å².